The zero-order valence-corrected chi connectivity index (χ0v) is 14.5. The number of anilines is 1. The number of hydrogen-bond acceptors (Lipinski definition) is 4. The first-order chi connectivity index (χ1) is 12.0. The van der Waals surface area contributed by atoms with Gasteiger partial charge in [0.25, 0.3) is 5.91 Å². The van der Waals surface area contributed by atoms with Gasteiger partial charge in [0.1, 0.15) is 12.4 Å². The molecule has 0 aliphatic rings. The van der Waals surface area contributed by atoms with E-state index >= 15 is 0 Å². The fourth-order valence-corrected chi connectivity index (χ4v) is 2.29. The molecule has 130 valence electrons. The third kappa shape index (κ3) is 5.09. The highest BCUT2D eigenvalue weighted by molar-refractivity contribution is 6.34. The molecule has 0 radical (unpaired) electrons. The van der Waals surface area contributed by atoms with Crippen LogP contribution in [0.15, 0.2) is 55.1 Å². The molecule has 0 heterocycles. The minimum Gasteiger partial charge on any atom is -0.490 e. The van der Waals surface area contributed by atoms with Crippen LogP contribution < -0.4 is 10.1 Å². The lowest BCUT2D eigenvalue weighted by atomic mass is 10.1. The summed E-state index contributed by atoms with van der Waals surface area (Å²) in [5.74, 6) is -0.144. The second-order valence-electron chi connectivity index (χ2n) is 4.99. The van der Waals surface area contributed by atoms with Crippen LogP contribution in [-0.2, 0) is 4.74 Å². The van der Waals surface area contributed by atoms with Gasteiger partial charge in [-0.05, 0) is 49.4 Å². The molecule has 5 nitrogen and oxygen atoms in total. The molecule has 1 amide bonds. The van der Waals surface area contributed by atoms with Crippen LogP contribution in [0.1, 0.15) is 27.6 Å². The fourth-order valence-electron chi connectivity index (χ4n) is 2.03. The van der Waals surface area contributed by atoms with Gasteiger partial charge >= 0.3 is 5.97 Å². The van der Waals surface area contributed by atoms with Crippen molar-refractivity contribution in [2.24, 2.45) is 0 Å². The SMILES string of the molecule is C=CCOc1ccc(C(=O)Nc2ccc(C(=O)OCC)c(Cl)c2)cc1. The second kappa shape index (κ2) is 8.89. The first-order valence-corrected chi connectivity index (χ1v) is 8.04. The lowest BCUT2D eigenvalue weighted by Gasteiger charge is -2.09. The Morgan fingerprint density at radius 1 is 1.20 bits per heavy atom. The molecule has 0 aliphatic carbocycles. The van der Waals surface area contributed by atoms with E-state index < -0.39 is 5.97 Å². The highest BCUT2D eigenvalue weighted by atomic mass is 35.5. The van der Waals surface area contributed by atoms with Crippen LogP contribution in [-0.4, -0.2) is 25.1 Å². The molecule has 25 heavy (non-hydrogen) atoms. The molecule has 0 atom stereocenters. The maximum Gasteiger partial charge on any atom is 0.339 e. The van der Waals surface area contributed by atoms with Crippen LogP contribution in [0.4, 0.5) is 5.69 Å². The lowest BCUT2D eigenvalue weighted by molar-refractivity contribution is 0.0526. The molecule has 0 fully saturated rings. The van der Waals surface area contributed by atoms with Crippen LogP contribution in [0.5, 0.6) is 5.75 Å². The number of carbonyl (C=O) groups excluding carboxylic acids is 2. The summed E-state index contributed by atoms with van der Waals surface area (Å²) in [6, 6.07) is 11.3. The maximum absolute atomic E-state index is 12.3. The van der Waals surface area contributed by atoms with Crippen molar-refractivity contribution in [3.8, 4) is 5.75 Å². The molecule has 0 aromatic heterocycles. The van der Waals surface area contributed by atoms with Crippen LogP contribution in [0.3, 0.4) is 0 Å². The number of benzene rings is 2. The summed E-state index contributed by atoms with van der Waals surface area (Å²) in [6.07, 6.45) is 1.64. The van der Waals surface area contributed by atoms with Crippen molar-refractivity contribution in [1.82, 2.24) is 0 Å². The number of esters is 1. The van der Waals surface area contributed by atoms with Crippen molar-refractivity contribution >= 4 is 29.2 Å². The molecule has 2 rings (SSSR count). The minimum absolute atomic E-state index is 0.212. The number of ether oxygens (including phenoxy) is 2. The van der Waals surface area contributed by atoms with Crippen molar-refractivity contribution in [2.45, 2.75) is 6.92 Å². The summed E-state index contributed by atoms with van der Waals surface area (Å²) in [6.45, 7) is 5.95. The van der Waals surface area contributed by atoms with Crippen LogP contribution in [0, 0.1) is 0 Å². The molecule has 2 aromatic rings. The largest absolute Gasteiger partial charge is 0.490 e. The lowest BCUT2D eigenvalue weighted by Crippen LogP contribution is -2.12. The number of carbonyl (C=O) groups is 2. The van der Waals surface area contributed by atoms with Gasteiger partial charge in [0.05, 0.1) is 17.2 Å². The zero-order chi connectivity index (χ0) is 18.2. The molecular formula is C19H18ClNO4. The molecule has 6 heteroatoms. The molecule has 2 aromatic carbocycles. The third-order valence-electron chi connectivity index (χ3n) is 3.21. The Balaban J connectivity index is 2.06. The van der Waals surface area contributed by atoms with E-state index in [4.69, 9.17) is 21.1 Å². The summed E-state index contributed by atoms with van der Waals surface area (Å²) in [4.78, 5) is 24.0. The van der Waals surface area contributed by atoms with Crippen LogP contribution >= 0.6 is 11.6 Å². The molecule has 0 aliphatic heterocycles. The number of nitrogens with one attached hydrogen (secondary N) is 1. The summed E-state index contributed by atoms with van der Waals surface area (Å²) in [7, 11) is 0. The van der Waals surface area contributed by atoms with E-state index in [1.54, 1.807) is 43.3 Å². The van der Waals surface area contributed by atoms with Gasteiger partial charge in [-0.3, -0.25) is 4.79 Å². The number of hydrogen-bond donors (Lipinski definition) is 1. The Hall–Kier alpha value is -2.79. The Kier molecular flexibility index (Phi) is 6.60. The second-order valence-corrected chi connectivity index (χ2v) is 5.40. The average Bonchev–Trinajstić information content (AvgIpc) is 2.60. The van der Waals surface area contributed by atoms with Gasteiger partial charge in [-0.2, -0.15) is 0 Å². The van der Waals surface area contributed by atoms with Gasteiger partial charge in [-0.15, -0.1) is 0 Å². The van der Waals surface area contributed by atoms with Gasteiger partial charge in [0.2, 0.25) is 0 Å². The topological polar surface area (TPSA) is 64.6 Å². The zero-order valence-electron chi connectivity index (χ0n) is 13.8. The van der Waals surface area contributed by atoms with Gasteiger partial charge < -0.3 is 14.8 Å². The Bertz CT molecular complexity index is 771. The van der Waals surface area contributed by atoms with Crippen molar-refractivity contribution in [3.63, 3.8) is 0 Å². The third-order valence-corrected chi connectivity index (χ3v) is 3.52. The molecule has 0 bridgehead atoms. The summed E-state index contributed by atoms with van der Waals surface area (Å²) >= 11 is 6.08. The summed E-state index contributed by atoms with van der Waals surface area (Å²) in [5, 5.41) is 2.94. The molecule has 0 saturated heterocycles. The Morgan fingerprint density at radius 2 is 1.92 bits per heavy atom. The van der Waals surface area contributed by atoms with E-state index in [2.05, 4.69) is 11.9 Å². The van der Waals surface area contributed by atoms with Gasteiger partial charge in [0, 0.05) is 11.3 Å². The van der Waals surface area contributed by atoms with Crippen molar-refractivity contribution < 1.29 is 19.1 Å². The summed E-state index contributed by atoms with van der Waals surface area (Å²) in [5.41, 5.74) is 1.21. The molecule has 0 unspecified atom stereocenters. The normalized spacial score (nSPS) is 10.0. The van der Waals surface area contributed by atoms with E-state index in [1.165, 1.54) is 12.1 Å². The molecular weight excluding hydrogens is 342 g/mol. The van der Waals surface area contributed by atoms with E-state index in [1.807, 2.05) is 0 Å². The first-order valence-electron chi connectivity index (χ1n) is 7.67. The monoisotopic (exact) mass is 359 g/mol. The summed E-state index contributed by atoms with van der Waals surface area (Å²) < 4.78 is 10.3. The van der Waals surface area contributed by atoms with Gasteiger partial charge in [0.15, 0.2) is 0 Å². The van der Waals surface area contributed by atoms with E-state index in [0.717, 1.165) is 0 Å². The Labute approximate surface area is 151 Å². The molecule has 0 saturated carbocycles. The van der Waals surface area contributed by atoms with Crippen molar-refractivity contribution in [2.75, 3.05) is 18.5 Å². The predicted molar refractivity (Wildman–Crippen MR) is 97.5 cm³/mol. The standard InChI is InChI=1S/C19H18ClNO4/c1-3-11-25-15-8-5-13(6-9-15)18(22)21-14-7-10-16(17(20)12-14)19(23)24-4-2/h3,5-10,12H,1,4,11H2,2H3,(H,21,22). The minimum atomic E-state index is -0.500. The predicted octanol–water partition coefficient (Wildman–Crippen LogP) is 4.33. The first kappa shape index (κ1) is 18.5. The molecule has 1 N–H and O–H groups in total. The van der Waals surface area contributed by atoms with E-state index in [9.17, 15) is 9.59 Å². The van der Waals surface area contributed by atoms with Gasteiger partial charge in [-0.25, -0.2) is 4.79 Å². The average molecular weight is 360 g/mol. The fraction of sp³-hybridized carbons (Fsp3) is 0.158. The van der Waals surface area contributed by atoms with Crippen molar-refractivity contribution in [3.05, 3.63) is 71.3 Å². The van der Waals surface area contributed by atoms with Crippen LogP contribution in [0.25, 0.3) is 0 Å². The quantitative estimate of drug-likeness (QED) is 0.590. The van der Waals surface area contributed by atoms with E-state index in [-0.39, 0.29) is 23.1 Å². The van der Waals surface area contributed by atoms with E-state index in [0.29, 0.717) is 23.6 Å². The molecule has 0 spiro atoms. The van der Waals surface area contributed by atoms with Crippen LogP contribution in [0.2, 0.25) is 5.02 Å². The number of rotatable bonds is 7. The number of amides is 1. The maximum atomic E-state index is 12.3. The highest BCUT2D eigenvalue weighted by Gasteiger charge is 2.13. The Morgan fingerprint density at radius 3 is 2.52 bits per heavy atom. The number of halogens is 1. The van der Waals surface area contributed by atoms with Gasteiger partial charge in [-0.1, -0.05) is 24.3 Å². The smallest absolute Gasteiger partial charge is 0.339 e. The highest BCUT2D eigenvalue weighted by Crippen LogP contribution is 2.22. The van der Waals surface area contributed by atoms with Crippen molar-refractivity contribution in [1.29, 1.82) is 0 Å².